The fourth-order valence-corrected chi connectivity index (χ4v) is 4.60. The highest BCUT2D eigenvalue weighted by molar-refractivity contribution is 6.14. The van der Waals surface area contributed by atoms with Crippen molar-refractivity contribution in [3.8, 4) is 17.2 Å². The van der Waals surface area contributed by atoms with E-state index in [1.807, 2.05) is 24.3 Å². The van der Waals surface area contributed by atoms with E-state index in [0.29, 0.717) is 23.5 Å². The van der Waals surface area contributed by atoms with Gasteiger partial charge in [-0.2, -0.15) is 0 Å². The molecule has 39 heavy (non-hydrogen) atoms. The molecule has 210 valence electrons. The van der Waals surface area contributed by atoms with Gasteiger partial charge in [-0.15, -0.1) is 0 Å². The Morgan fingerprint density at radius 1 is 0.795 bits per heavy atom. The number of hydrogen-bond acceptors (Lipinski definition) is 5. The molecule has 1 aliphatic heterocycles. The van der Waals surface area contributed by atoms with Crippen molar-refractivity contribution in [1.29, 1.82) is 0 Å². The monoisotopic (exact) mass is 532 g/mol. The Labute approximate surface area is 234 Å². The molecule has 1 heterocycles. The molecule has 0 spiro atoms. The quantitative estimate of drug-likeness (QED) is 0.0629. The molecular weight excluding hydrogens is 488 g/mol. The number of benzene rings is 2. The summed E-state index contributed by atoms with van der Waals surface area (Å²) in [6.07, 6.45) is 22.6. The van der Waals surface area contributed by atoms with E-state index in [-0.39, 0.29) is 17.5 Å². The number of ether oxygens (including phenoxy) is 3. The first-order valence-corrected chi connectivity index (χ1v) is 14.7. The van der Waals surface area contributed by atoms with E-state index in [0.717, 1.165) is 37.0 Å². The van der Waals surface area contributed by atoms with Gasteiger partial charge in [0, 0.05) is 12.5 Å². The van der Waals surface area contributed by atoms with Crippen LogP contribution >= 0.6 is 0 Å². The molecule has 0 N–H and O–H groups in total. The van der Waals surface area contributed by atoms with Crippen LogP contribution in [0.15, 0.2) is 60.4 Å². The second kappa shape index (κ2) is 17.3. The molecule has 3 rings (SSSR count). The van der Waals surface area contributed by atoms with Crippen LogP contribution in [0.1, 0.15) is 113 Å². The smallest absolute Gasteiger partial charge is 0.311 e. The van der Waals surface area contributed by atoms with Crippen LogP contribution in [0.4, 0.5) is 0 Å². The van der Waals surface area contributed by atoms with Gasteiger partial charge < -0.3 is 14.2 Å². The van der Waals surface area contributed by atoms with Crippen molar-refractivity contribution >= 4 is 17.8 Å². The fraction of sp³-hybridized carbons (Fsp3) is 0.471. The highest BCUT2D eigenvalue weighted by Crippen LogP contribution is 2.35. The molecule has 0 aliphatic carbocycles. The largest absolute Gasteiger partial charge is 0.497 e. The number of carbonyl (C=O) groups is 2. The Bertz CT molecular complexity index is 1100. The van der Waals surface area contributed by atoms with Crippen molar-refractivity contribution in [3.63, 3.8) is 0 Å². The normalized spacial score (nSPS) is 13.6. The van der Waals surface area contributed by atoms with Crippen LogP contribution in [-0.2, 0) is 4.79 Å². The molecule has 0 saturated carbocycles. The van der Waals surface area contributed by atoms with Crippen molar-refractivity contribution in [2.45, 2.75) is 96.8 Å². The van der Waals surface area contributed by atoms with Gasteiger partial charge in [0.2, 0.25) is 5.78 Å². The lowest BCUT2D eigenvalue weighted by molar-refractivity contribution is -0.134. The van der Waals surface area contributed by atoms with Gasteiger partial charge in [0.25, 0.3) is 0 Å². The molecule has 2 aromatic rings. The first-order valence-electron chi connectivity index (χ1n) is 14.7. The van der Waals surface area contributed by atoms with Crippen LogP contribution in [0.2, 0.25) is 0 Å². The van der Waals surface area contributed by atoms with Gasteiger partial charge >= 0.3 is 5.97 Å². The lowest BCUT2D eigenvalue weighted by Crippen LogP contribution is -2.07. The Kier molecular flexibility index (Phi) is 13.4. The Hall–Kier alpha value is -3.34. The zero-order chi connectivity index (χ0) is 27.7. The Morgan fingerprint density at radius 2 is 1.41 bits per heavy atom. The van der Waals surface area contributed by atoms with Crippen molar-refractivity contribution in [2.24, 2.45) is 0 Å². The van der Waals surface area contributed by atoms with Gasteiger partial charge in [0.15, 0.2) is 5.76 Å². The zero-order valence-electron chi connectivity index (χ0n) is 23.7. The topological polar surface area (TPSA) is 61.8 Å². The maximum absolute atomic E-state index is 12.7. The van der Waals surface area contributed by atoms with Crippen LogP contribution in [0.5, 0.6) is 17.2 Å². The number of unbranched alkanes of at least 4 members (excludes halogenated alkanes) is 11. The van der Waals surface area contributed by atoms with Crippen LogP contribution < -0.4 is 14.2 Å². The summed E-state index contributed by atoms with van der Waals surface area (Å²) in [6.45, 7) is 2.26. The summed E-state index contributed by atoms with van der Waals surface area (Å²) in [6, 6.07) is 12.3. The highest BCUT2D eigenvalue weighted by atomic mass is 16.5. The number of allylic oxidation sites excluding steroid dienone is 3. The predicted octanol–water partition coefficient (Wildman–Crippen LogP) is 9.25. The molecular formula is C34H44O5. The number of ketones is 1. The summed E-state index contributed by atoms with van der Waals surface area (Å²) < 4.78 is 16.4. The summed E-state index contributed by atoms with van der Waals surface area (Å²) >= 11 is 0. The van der Waals surface area contributed by atoms with E-state index in [1.165, 1.54) is 57.8 Å². The minimum atomic E-state index is -0.258. The highest BCUT2D eigenvalue weighted by Gasteiger charge is 2.28. The molecule has 0 amide bonds. The van der Waals surface area contributed by atoms with E-state index in [1.54, 1.807) is 31.4 Å². The number of fused-ring (bicyclic) bond motifs is 1. The third-order valence-electron chi connectivity index (χ3n) is 6.93. The molecule has 1 aliphatic rings. The lowest BCUT2D eigenvalue weighted by Gasteiger charge is -2.06. The number of carbonyl (C=O) groups excluding carboxylic acids is 2. The van der Waals surface area contributed by atoms with E-state index in [2.05, 4.69) is 19.1 Å². The average Bonchev–Trinajstić information content (AvgIpc) is 3.25. The standard InChI is InChI=1S/C34H44O5/c1-3-4-5-6-7-8-9-10-11-12-13-14-15-16-17-18-33(35)38-29-23-24-30-31(26-29)39-32(34(30)36)25-27-19-21-28(37-2)22-20-27/h10-11,19-26H,3-9,12-18H2,1-2H3/b11-10-,32-25-. The summed E-state index contributed by atoms with van der Waals surface area (Å²) in [5.41, 5.74) is 1.30. The number of esters is 1. The van der Waals surface area contributed by atoms with Crippen molar-refractivity contribution in [1.82, 2.24) is 0 Å². The molecule has 0 saturated heterocycles. The molecule has 0 atom stereocenters. The fourth-order valence-electron chi connectivity index (χ4n) is 4.60. The van der Waals surface area contributed by atoms with Crippen LogP contribution in [0.25, 0.3) is 6.08 Å². The third-order valence-corrected chi connectivity index (χ3v) is 6.93. The lowest BCUT2D eigenvalue weighted by atomic mass is 10.1. The van der Waals surface area contributed by atoms with Gasteiger partial charge in [-0.3, -0.25) is 9.59 Å². The van der Waals surface area contributed by atoms with Crippen LogP contribution in [0.3, 0.4) is 0 Å². The number of hydrogen-bond donors (Lipinski definition) is 0. The van der Waals surface area contributed by atoms with Crippen LogP contribution in [0, 0.1) is 0 Å². The molecule has 0 unspecified atom stereocenters. The van der Waals surface area contributed by atoms with E-state index < -0.39 is 0 Å². The van der Waals surface area contributed by atoms with E-state index in [4.69, 9.17) is 14.2 Å². The maximum atomic E-state index is 12.7. The summed E-state index contributed by atoms with van der Waals surface area (Å²) in [5, 5.41) is 0. The summed E-state index contributed by atoms with van der Waals surface area (Å²) in [7, 11) is 1.61. The molecule has 5 heteroatoms. The van der Waals surface area contributed by atoms with Crippen LogP contribution in [-0.4, -0.2) is 18.9 Å². The van der Waals surface area contributed by atoms with Gasteiger partial charge in [-0.1, -0.05) is 82.6 Å². The molecule has 0 aromatic heterocycles. The predicted molar refractivity (Wildman–Crippen MR) is 157 cm³/mol. The minimum absolute atomic E-state index is 0.188. The summed E-state index contributed by atoms with van der Waals surface area (Å²) in [4.78, 5) is 25.0. The Morgan fingerprint density at radius 3 is 2.08 bits per heavy atom. The van der Waals surface area contributed by atoms with Gasteiger partial charge in [0.05, 0.1) is 12.7 Å². The number of Topliss-reactive ketones (excluding diaryl/α,β-unsaturated/α-hetero) is 1. The SMILES string of the molecule is CCCCCCCC/C=C\CCCCCCCC(=O)Oc1ccc2c(c1)O/C(=C\c1ccc(OC)cc1)C2=O. The zero-order valence-corrected chi connectivity index (χ0v) is 23.7. The molecule has 0 bridgehead atoms. The minimum Gasteiger partial charge on any atom is -0.497 e. The van der Waals surface area contributed by atoms with Crippen molar-refractivity contribution in [2.75, 3.05) is 7.11 Å². The number of rotatable bonds is 18. The van der Waals surface area contributed by atoms with Crippen molar-refractivity contribution in [3.05, 3.63) is 71.5 Å². The van der Waals surface area contributed by atoms with Gasteiger partial charge in [-0.25, -0.2) is 0 Å². The molecule has 5 nitrogen and oxygen atoms in total. The van der Waals surface area contributed by atoms with E-state index in [9.17, 15) is 9.59 Å². The molecule has 0 fully saturated rings. The first-order chi connectivity index (χ1) is 19.1. The third kappa shape index (κ3) is 10.7. The van der Waals surface area contributed by atoms with E-state index >= 15 is 0 Å². The Balaban J connectivity index is 1.28. The van der Waals surface area contributed by atoms with Gasteiger partial charge in [0.1, 0.15) is 17.2 Å². The summed E-state index contributed by atoms with van der Waals surface area (Å²) in [5.74, 6) is 1.34. The second-order valence-electron chi connectivity index (χ2n) is 10.2. The maximum Gasteiger partial charge on any atom is 0.311 e. The van der Waals surface area contributed by atoms with Gasteiger partial charge in [-0.05, 0) is 68.0 Å². The average molecular weight is 533 g/mol. The molecule has 2 aromatic carbocycles. The first kappa shape index (κ1) is 30.2. The van der Waals surface area contributed by atoms with Crippen molar-refractivity contribution < 1.29 is 23.8 Å². The number of methoxy groups -OCH3 is 1. The second-order valence-corrected chi connectivity index (χ2v) is 10.2. The molecule has 0 radical (unpaired) electrons.